The molecule has 1 aromatic rings. The minimum Gasteiger partial charge on any atom is -0.390 e. The molecular weight excluding hydrogens is 284 g/mol. The molecule has 5 N–H and O–H groups in total. The van der Waals surface area contributed by atoms with E-state index in [4.69, 9.17) is 10.9 Å². The molecule has 1 saturated heterocycles. The lowest BCUT2D eigenvalue weighted by Crippen LogP contribution is -2.33. The van der Waals surface area contributed by atoms with Crippen LogP contribution in [-0.4, -0.2) is 52.2 Å². The highest BCUT2D eigenvalue weighted by molar-refractivity contribution is 5.43. The Hall–Kier alpha value is -1.81. The first-order chi connectivity index (χ1) is 10.0. The maximum Gasteiger partial charge on any atom is 0.287 e. The number of halogens is 2. The zero-order valence-corrected chi connectivity index (χ0v) is 11.5. The first-order valence-electron chi connectivity index (χ1n) is 6.74. The highest BCUT2D eigenvalue weighted by Crippen LogP contribution is 2.19. The third kappa shape index (κ3) is 4.33. The number of hydrogen-bond donors (Lipinski definition) is 4. The van der Waals surface area contributed by atoms with Crippen LogP contribution in [0.2, 0.25) is 0 Å². The molecule has 1 fully saturated rings. The van der Waals surface area contributed by atoms with E-state index in [9.17, 15) is 8.78 Å². The molecule has 21 heavy (non-hydrogen) atoms. The lowest BCUT2D eigenvalue weighted by atomic mass is 10.1. The van der Waals surface area contributed by atoms with Crippen molar-refractivity contribution in [3.8, 4) is 0 Å². The van der Waals surface area contributed by atoms with E-state index < -0.39 is 19.1 Å². The van der Waals surface area contributed by atoms with E-state index in [1.54, 1.807) is 0 Å². The number of anilines is 3. The van der Waals surface area contributed by atoms with Crippen LogP contribution < -0.4 is 21.5 Å². The van der Waals surface area contributed by atoms with Crippen LogP contribution in [0.25, 0.3) is 0 Å². The van der Waals surface area contributed by atoms with E-state index in [2.05, 4.69) is 25.7 Å². The van der Waals surface area contributed by atoms with Crippen molar-refractivity contribution in [3.63, 3.8) is 0 Å². The van der Waals surface area contributed by atoms with E-state index in [-0.39, 0.29) is 11.9 Å². The molecule has 0 aliphatic carbocycles. The number of rotatable bonds is 6. The Balaban J connectivity index is 2.13. The number of nitrogens with zero attached hydrogens (tertiary/aromatic N) is 4. The molecule has 0 unspecified atom stereocenters. The summed E-state index contributed by atoms with van der Waals surface area (Å²) in [6, 6.07) is 0. The third-order valence-electron chi connectivity index (χ3n) is 3.13. The van der Waals surface area contributed by atoms with Crippen molar-refractivity contribution >= 4 is 17.8 Å². The molecule has 2 heterocycles. The second-order valence-electron chi connectivity index (χ2n) is 4.84. The molecule has 0 bridgehead atoms. The van der Waals surface area contributed by atoms with Gasteiger partial charge in [0.1, 0.15) is 6.61 Å². The molecule has 118 valence electrons. The summed E-state index contributed by atoms with van der Waals surface area (Å²) >= 11 is 0. The van der Waals surface area contributed by atoms with Gasteiger partial charge in [0.2, 0.25) is 17.8 Å². The lowest BCUT2D eigenvalue weighted by molar-refractivity contribution is -0.0374. The molecule has 0 radical (unpaired) electrons. The predicted octanol–water partition coefficient (Wildman–Crippen LogP) is 0.187. The van der Waals surface area contributed by atoms with Gasteiger partial charge in [0.15, 0.2) is 0 Å². The topological polar surface area (TPSA) is 112 Å². The molecule has 1 aromatic heterocycles. The summed E-state index contributed by atoms with van der Waals surface area (Å²) in [6.07, 6.45) is 3.21. The first kappa shape index (κ1) is 15.6. The third-order valence-corrected chi connectivity index (χ3v) is 3.13. The molecule has 0 amide bonds. The molecule has 0 saturated carbocycles. The number of nitrogen functional groups attached to an aromatic ring is 1. The Morgan fingerprint density at radius 1 is 1.14 bits per heavy atom. The van der Waals surface area contributed by atoms with Gasteiger partial charge in [0.05, 0.1) is 6.54 Å². The smallest absolute Gasteiger partial charge is 0.287 e. The zero-order chi connectivity index (χ0) is 15.3. The monoisotopic (exact) mass is 303 g/mol. The molecule has 0 atom stereocenters. The van der Waals surface area contributed by atoms with Crippen LogP contribution in [0.4, 0.5) is 26.6 Å². The van der Waals surface area contributed by atoms with Gasteiger partial charge in [-0.15, -0.1) is 0 Å². The summed E-state index contributed by atoms with van der Waals surface area (Å²) in [7, 11) is 0. The highest BCUT2D eigenvalue weighted by Gasteiger charge is 2.28. The molecule has 1 aliphatic heterocycles. The normalized spacial score (nSPS) is 15.9. The van der Waals surface area contributed by atoms with Crippen molar-refractivity contribution in [2.24, 2.45) is 5.84 Å². The Morgan fingerprint density at radius 2 is 1.81 bits per heavy atom. The number of nitrogens with one attached hydrogen (secondary N) is 2. The van der Waals surface area contributed by atoms with E-state index >= 15 is 0 Å². The number of hydrazine groups is 1. The van der Waals surface area contributed by atoms with Crippen molar-refractivity contribution < 1.29 is 13.9 Å². The summed E-state index contributed by atoms with van der Waals surface area (Å²) in [5.41, 5.74) is 2.29. The summed E-state index contributed by atoms with van der Waals surface area (Å²) in [4.78, 5) is 14.1. The van der Waals surface area contributed by atoms with Crippen LogP contribution in [0.1, 0.15) is 19.3 Å². The Labute approximate surface area is 120 Å². The average Bonchev–Trinajstić information content (AvgIpc) is 2.53. The molecule has 10 heteroatoms. The number of hydrogen-bond acceptors (Lipinski definition) is 8. The van der Waals surface area contributed by atoms with Gasteiger partial charge in [-0.05, 0) is 19.3 Å². The summed E-state index contributed by atoms with van der Waals surface area (Å²) in [5.74, 6) is 2.53. The van der Waals surface area contributed by atoms with E-state index in [1.165, 1.54) is 0 Å². The minimum absolute atomic E-state index is 0.00773. The number of aliphatic hydroxyl groups is 1. The van der Waals surface area contributed by atoms with Crippen molar-refractivity contribution in [2.75, 3.05) is 41.9 Å². The molecule has 2 rings (SSSR count). The Morgan fingerprint density at radius 3 is 2.43 bits per heavy atom. The standard InChI is InChI=1S/C11H19F2N7O/c12-11(13,7-21)6-15-8-16-9(19-14)18-10(17-8)20-4-2-1-3-5-20/h21H,1-7,14H2,(H2,15,16,17,18,19). The molecule has 8 nitrogen and oxygen atoms in total. The van der Waals surface area contributed by atoms with Gasteiger partial charge in [-0.2, -0.15) is 15.0 Å². The molecule has 0 aromatic carbocycles. The SMILES string of the molecule is NNc1nc(NCC(F)(F)CO)nc(N2CCCCC2)n1. The Bertz CT molecular complexity index is 468. The fourth-order valence-electron chi connectivity index (χ4n) is 2.01. The number of alkyl halides is 2. The lowest BCUT2D eigenvalue weighted by Gasteiger charge is -2.27. The number of aliphatic hydroxyl groups excluding tert-OH is 1. The summed E-state index contributed by atoms with van der Waals surface area (Å²) < 4.78 is 26.1. The van der Waals surface area contributed by atoms with Gasteiger partial charge in [0, 0.05) is 13.1 Å². The van der Waals surface area contributed by atoms with Gasteiger partial charge in [-0.3, -0.25) is 5.43 Å². The van der Waals surface area contributed by atoms with Gasteiger partial charge >= 0.3 is 0 Å². The first-order valence-corrected chi connectivity index (χ1v) is 6.74. The maximum absolute atomic E-state index is 13.0. The van der Waals surface area contributed by atoms with Crippen LogP contribution in [0.15, 0.2) is 0 Å². The van der Waals surface area contributed by atoms with Crippen LogP contribution in [0.5, 0.6) is 0 Å². The highest BCUT2D eigenvalue weighted by atomic mass is 19.3. The minimum atomic E-state index is -3.24. The zero-order valence-electron chi connectivity index (χ0n) is 11.5. The van der Waals surface area contributed by atoms with Crippen molar-refractivity contribution in [1.82, 2.24) is 15.0 Å². The summed E-state index contributed by atoms with van der Waals surface area (Å²) in [5, 5.41) is 10.9. The Kier molecular flexibility index (Phi) is 5.02. The van der Waals surface area contributed by atoms with Gasteiger partial charge < -0.3 is 15.3 Å². The fourth-order valence-corrected chi connectivity index (χ4v) is 2.01. The molecular formula is C11H19F2N7O. The molecule has 0 spiro atoms. The van der Waals surface area contributed by atoms with E-state index in [0.29, 0.717) is 5.95 Å². The van der Waals surface area contributed by atoms with Gasteiger partial charge in [0.25, 0.3) is 5.92 Å². The van der Waals surface area contributed by atoms with Crippen molar-refractivity contribution in [3.05, 3.63) is 0 Å². The van der Waals surface area contributed by atoms with Crippen LogP contribution >= 0.6 is 0 Å². The van der Waals surface area contributed by atoms with Gasteiger partial charge in [-0.1, -0.05) is 0 Å². The fraction of sp³-hybridized carbons (Fsp3) is 0.727. The number of aromatic nitrogens is 3. The second kappa shape index (κ2) is 6.76. The van der Waals surface area contributed by atoms with Crippen molar-refractivity contribution in [2.45, 2.75) is 25.2 Å². The quantitative estimate of drug-likeness (QED) is 0.435. The average molecular weight is 303 g/mol. The van der Waals surface area contributed by atoms with E-state index in [1.807, 2.05) is 4.90 Å². The van der Waals surface area contributed by atoms with Crippen LogP contribution in [-0.2, 0) is 0 Å². The number of piperidine rings is 1. The van der Waals surface area contributed by atoms with Crippen LogP contribution in [0.3, 0.4) is 0 Å². The number of nitrogens with two attached hydrogens (primary N) is 1. The van der Waals surface area contributed by atoms with E-state index in [0.717, 1.165) is 32.4 Å². The molecule has 1 aliphatic rings. The van der Waals surface area contributed by atoms with Gasteiger partial charge in [-0.25, -0.2) is 14.6 Å². The second-order valence-corrected chi connectivity index (χ2v) is 4.84. The summed E-state index contributed by atoms with van der Waals surface area (Å²) in [6.45, 7) is -0.399. The van der Waals surface area contributed by atoms with Crippen LogP contribution in [0, 0.1) is 0 Å². The largest absolute Gasteiger partial charge is 0.390 e. The predicted molar refractivity (Wildman–Crippen MR) is 74.2 cm³/mol. The maximum atomic E-state index is 13.0. The van der Waals surface area contributed by atoms with Crippen molar-refractivity contribution in [1.29, 1.82) is 0 Å².